The third-order valence-electron chi connectivity index (χ3n) is 3.93. The van der Waals surface area contributed by atoms with Gasteiger partial charge < -0.3 is 15.3 Å². The maximum Gasteiger partial charge on any atom is 0.253 e. The molecule has 1 aliphatic carbocycles. The Morgan fingerprint density at radius 2 is 2.15 bits per heavy atom. The average molecular weight is 276 g/mol. The fourth-order valence-electron chi connectivity index (χ4n) is 2.74. The second-order valence-electron chi connectivity index (χ2n) is 5.74. The van der Waals surface area contributed by atoms with E-state index in [9.17, 15) is 9.90 Å². The average Bonchev–Trinajstić information content (AvgIpc) is 2.36. The van der Waals surface area contributed by atoms with Gasteiger partial charge in [-0.1, -0.05) is 0 Å². The molecule has 0 heterocycles. The number of aliphatic hydroxyl groups excluding tert-OH is 1. The number of anilines is 1. The molecular formula is C16H24N2O2. The molecule has 0 bridgehead atoms. The summed E-state index contributed by atoms with van der Waals surface area (Å²) in [6, 6.07) is 5.85. The molecule has 1 aromatic carbocycles. The van der Waals surface area contributed by atoms with Crippen LogP contribution < -0.4 is 5.32 Å². The van der Waals surface area contributed by atoms with Crippen LogP contribution in [0.3, 0.4) is 0 Å². The zero-order valence-electron chi connectivity index (χ0n) is 12.5. The summed E-state index contributed by atoms with van der Waals surface area (Å²) in [6.07, 6.45) is 1.47. The molecule has 1 saturated carbocycles. The Morgan fingerprint density at radius 3 is 2.70 bits per heavy atom. The van der Waals surface area contributed by atoms with Gasteiger partial charge in [0.15, 0.2) is 0 Å². The number of nitrogens with one attached hydrogen (secondary N) is 1. The molecule has 2 N–H and O–H groups in total. The lowest BCUT2D eigenvalue weighted by Crippen LogP contribution is -2.39. The maximum atomic E-state index is 12.4. The van der Waals surface area contributed by atoms with Gasteiger partial charge in [0.05, 0.1) is 6.10 Å². The highest BCUT2D eigenvalue weighted by Gasteiger charge is 2.29. The molecule has 2 rings (SSSR count). The molecule has 4 nitrogen and oxygen atoms in total. The Morgan fingerprint density at radius 1 is 1.45 bits per heavy atom. The Labute approximate surface area is 120 Å². The quantitative estimate of drug-likeness (QED) is 0.867. The van der Waals surface area contributed by atoms with E-state index >= 15 is 0 Å². The molecule has 0 atom stereocenters. The lowest BCUT2D eigenvalue weighted by atomic mass is 9.82. The van der Waals surface area contributed by atoms with Crippen molar-refractivity contribution >= 4 is 11.6 Å². The first-order chi connectivity index (χ1) is 9.51. The van der Waals surface area contributed by atoms with Gasteiger partial charge in [-0.05, 0) is 56.4 Å². The van der Waals surface area contributed by atoms with E-state index in [1.807, 2.05) is 32.2 Å². The summed E-state index contributed by atoms with van der Waals surface area (Å²) < 4.78 is 0. The van der Waals surface area contributed by atoms with Crippen LogP contribution >= 0.6 is 0 Å². The number of hydrogen-bond donors (Lipinski definition) is 2. The number of carbonyl (C=O) groups excluding carboxylic acids is 1. The summed E-state index contributed by atoms with van der Waals surface area (Å²) in [6.45, 7) is 5.62. The normalized spacial score (nSPS) is 21.2. The van der Waals surface area contributed by atoms with Crippen molar-refractivity contribution in [2.75, 3.05) is 25.5 Å². The minimum atomic E-state index is -0.162. The van der Waals surface area contributed by atoms with Crippen molar-refractivity contribution in [3.05, 3.63) is 29.3 Å². The van der Waals surface area contributed by atoms with E-state index < -0.39 is 0 Å². The van der Waals surface area contributed by atoms with Gasteiger partial charge in [0.25, 0.3) is 5.91 Å². The van der Waals surface area contributed by atoms with Crippen molar-refractivity contribution in [3.8, 4) is 0 Å². The van der Waals surface area contributed by atoms with Crippen LogP contribution in [0.5, 0.6) is 0 Å². The van der Waals surface area contributed by atoms with E-state index in [1.165, 1.54) is 0 Å². The molecule has 0 radical (unpaired) electrons. The summed E-state index contributed by atoms with van der Waals surface area (Å²) in [5.74, 6) is 0.507. The minimum absolute atomic E-state index is 0.0620. The number of aryl methyl sites for hydroxylation is 1. The molecule has 0 spiro atoms. The highest BCUT2D eigenvalue weighted by Crippen LogP contribution is 2.28. The lowest BCUT2D eigenvalue weighted by Gasteiger charge is -2.34. The van der Waals surface area contributed by atoms with Gasteiger partial charge in [0.1, 0.15) is 0 Å². The van der Waals surface area contributed by atoms with Crippen molar-refractivity contribution in [2.45, 2.75) is 32.8 Å². The van der Waals surface area contributed by atoms with Crippen LogP contribution in [-0.2, 0) is 0 Å². The third kappa shape index (κ3) is 3.31. The molecule has 0 aromatic heterocycles. The number of aliphatic hydroxyl groups is 1. The molecule has 110 valence electrons. The number of rotatable bonds is 5. The predicted octanol–water partition coefficient (Wildman–Crippen LogP) is 2.27. The lowest BCUT2D eigenvalue weighted by molar-refractivity contribution is 0.0265. The monoisotopic (exact) mass is 276 g/mol. The van der Waals surface area contributed by atoms with Crippen molar-refractivity contribution in [1.29, 1.82) is 0 Å². The van der Waals surface area contributed by atoms with Gasteiger partial charge >= 0.3 is 0 Å². The van der Waals surface area contributed by atoms with Crippen LogP contribution in [0.4, 0.5) is 5.69 Å². The van der Waals surface area contributed by atoms with E-state index in [0.29, 0.717) is 5.92 Å². The first-order valence-electron chi connectivity index (χ1n) is 7.29. The summed E-state index contributed by atoms with van der Waals surface area (Å²) in [4.78, 5) is 14.2. The molecule has 20 heavy (non-hydrogen) atoms. The largest absolute Gasteiger partial charge is 0.393 e. The summed E-state index contributed by atoms with van der Waals surface area (Å²) in [7, 11) is 1.84. The zero-order valence-corrected chi connectivity index (χ0v) is 12.5. The third-order valence-corrected chi connectivity index (χ3v) is 3.93. The van der Waals surface area contributed by atoms with Gasteiger partial charge in [0.2, 0.25) is 0 Å². The number of hydrogen-bond acceptors (Lipinski definition) is 3. The second-order valence-corrected chi connectivity index (χ2v) is 5.74. The fraction of sp³-hybridized carbons (Fsp3) is 0.562. The minimum Gasteiger partial charge on any atom is -0.393 e. The maximum absolute atomic E-state index is 12.4. The Balaban J connectivity index is 2.00. The Hall–Kier alpha value is -1.55. The van der Waals surface area contributed by atoms with Crippen LogP contribution in [0.15, 0.2) is 18.2 Å². The summed E-state index contributed by atoms with van der Waals surface area (Å²) in [5.41, 5.74) is 2.80. The Kier molecular flexibility index (Phi) is 4.65. The summed E-state index contributed by atoms with van der Waals surface area (Å²) in [5, 5.41) is 12.5. The number of benzene rings is 1. The van der Waals surface area contributed by atoms with Gasteiger partial charge in [-0.3, -0.25) is 4.79 Å². The molecule has 1 aromatic rings. The smallest absolute Gasteiger partial charge is 0.253 e. The van der Waals surface area contributed by atoms with Crippen LogP contribution in [0.2, 0.25) is 0 Å². The molecule has 0 unspecified atom stereocenters. The number of amides is 1. The SMILES string of the molecule is CCNc1ccc(C(=O)N(C)CC2CC(O)C2)c(C)c1. The molecule has 0 aliphatic heterocycles. The van der Waals surface area contributed by atoms with Crippen LogP contribution in [0.1, 0.15) is 35.7 Å². The highest BCUT2D eigenvalue weighted by atomic mass is 16.3. The summed E-state index contributed by atoms with van der Waals surface area (Å²) >= 11 is 0. The first kappa shape index (κ1) is 14.9. The zero-order chi connectivity index (χ0) is 14.7. The van der Waals surface area contributed by atoms with Gasteiger partial charge in [-0.2, -0.15) is 0 Å². The van der Waals surface area contributed by atoms with Crippen LogP contribution in [0, 0.1) is 12.8 Å². The van der Waals surface area contributed by atoms with E-state index in [-0.39, 0.29) is 12.0 Å². The molecule has 1 amide bonds. The molecule has 4 heteroatoms. The fourth-order valence-corrected chi connectivity index (χ4v) is 2.74. The van der Waals surface area contributed by atoms with E-state index in [2.05, 4.69) is 12.2 Å². The number of carbonyl (C=O) groups is 1. The van der Waals surface area contributed by atoms with Crippen LogP contribution in [0.25, 0.3) is 0 Å². The van der Waals surface area contributed by atoms with Crippen molar-refractivity contribution in [1.82, 2.24) is 4.90 Å². The Bertz CT molecular complexity index is 481. The first-order valence-corrected chi connectivity index (χ1v) is 7.29. The van der Waals surface area contributed by atoms with E-state index in [1.54, 1.807) is 4.90 Å². The van der Waals surface area contributed by atoms with Crippen molar-refractivity contribution in [3.63, 3.8) is 0 Å². The molecule has 1 aliphatic rings. The molecule has 1 fully saturated rings. The van der Waals surface area contributed by atoms with Crippen molar-refractivity contribution < 1.29 is 9.90 Å². The standard InChI is InChI=1S/C16H24N2O2/c1-4-17-13-5-6-15(11(2)7-13)16(20)18(3)10-12-8-14(19)9-12/h5-7,12,14,17,19H,4,8-10H2,1-3H3. The van der Waals surface area contributed by atoms with E-state index in [4.69, 9.17) is 0 Å². The topological polar surface area (TPSA) is 52.6 Å². The van der Waals surface area contributed by atoms with Gasteiger partial charge in [-0.25, -0.2) is 0 Å². The van der Waals surface area contributed by atoms with Crippen LogP contribution in [-0.4, -0.2) is 42.2 Å². The van der Waals surface area contributed by atoms with Gasteiger partial charge in [0, 0.05) is 31.4 Å². The molecule has 0 saturated heterocycles. The van der Waals surface area contributed by atoms with E-state index in [0.717, 1.165) is 42.7 Å². The van der Waals surface area contributed by atoms with Crippen molar-refractivity contribution in [2.24, 2.45) is 5.92 Å². The molecular weight excluding hydrogens is 252 g/mol. The second kappa shape index (κ2) is 6.27. The highest BCUT2D eigenvalue weighted by molar-refractivity contribution is 5.95. The van der Waals surface area contributed by atoms with Gasteiger partial charge in [-0.15, -0.1) is 0 Å². The predicted molar refractivity (Wildman–Crippen MR) is 81.0 cm³/mol. The number of nitrogens with zero attached hydrogens (tertiary/aromatic N) is 1.